The van der Waals surface area contributed by atoms with Gasteiger partial charge in [0.15, 0.2) is 0 Å². The standard InChI is InChI=1S/C23H39N.3C2H6/c1-5-24-16(2)19-11-12-20-18-10-9-17-8-6-7-14-22(17,3)21(18)13-15-23(19,20)4;3*1-2/h17-21H,5-15H2,1-4H3;3*1-2H3. The minimum atomic E-state index is 0.557. The molecule has 0 radical (unpaired) electrons. The lowest BCUT2D eigenvalue weighted by molar-refractivity contribution is -0.106. The molecule has 0 aromatic heterocycles. The van der Waals surface area contributed by atoms with Crippen molar-refractivity contribution in [1.29, 1.82) is 0 Å². The molecule has 0 bridgehead atoms. The summed E-state index contributed by atoms with van der Waals surface area (Å²) in [5.74, 6) is 4.89. The van der Waals surface area contributed by atoms with E-state index in [9.17, 15) is 0 Å². The maximum Gasteiger partial charge on any atom is 0.0360 e. The summed E-state index contributed by atoms with van der Waals surface area (Å²) in [6, 6.07) is 0. The SMILES string of the molecule is CC.CC.CC.CCN=C(C)C1CCC2C3CCC4CCCCC4(C)C3CCC12C. The molecule has 7 atom stereocenters. The van der Waals surface area contributed by atoms with Crippen LogP contribution < -0.4 is 0 Å². The zero-order valence-corrected chi connectivity index (χ0v) is 22.6. The van der Waals surface area contributed by atoms with Gasteiger partial charge < -0.3 is 0 Å². The maximum atomic E-state index is 4.84. The Bertz CT molecular complexity index is 508. The van der Waals surface area contributed by atoms with Crippen molar-refractivity contribution in [2.45, 2.75) is 133 Å². The Kier molecular flexibility index (Phi) is 11.7. The number of rotatable bonds is 2. The molecule has 0 N–H and O–H groups in total. The Hall–Kier alpha value is -0.330. The third kappa shape index (κ3) is 5.01. The summed E-state index contributed by atoms with van der Waals surface area (Å²) in [7, 11) is 0. The maximum absolute atomic E-state index is 4.84. The predicted molar refractivity (Wildman–Crippen MR) is 138 cm³/mol. The second-order valence-electron chi connectivity index (χ2n) is 10.2. The average molecular weight is 420 g/mol. The molecule has 178 valence electrons. The van der Waals surface area contributed by atoms with Gasteiger partial charge >= 0.3 is 0 Å². The molecule has 4 fully saturated rings. The van der Waals surface area contributed by atoms with E-state index in [0.717, 1.165) is 36.1 Å². The topological polar surface area (TPSA) is 12.4 Å². The van der Waals surface area contributed by atoms with E-state index in [1.54, 1.807) is 6.42 Å². The van der Waals surface area contributed by atoms with Gasteiger partial charge in [-0.25, -0.2) is 0 Å². The van der Waals surface area contributed by atoms with Gasteiger partial charge in [0.25, 0.3) is 0 Å². The molecule has 0 heterocycles. The minimum absolute atomic E-state index is 0.557. The summed E-state index contributed by atoms with van der Waals surface area (Å²) >= 11 is 0. The van der Waals surface area contributed by atoms with Gasteiger partial charge in [-0.1, -0.05) is 68.2 Å². The van der Waals surface area contributed by atoms with E-state index in [1.807, 2.05) is 41.5 Å². The average Bonchev–Trinajstić information content (AvgIpc) is 3.15. The Morgan fingerprint density at radius 3 is 2.00 bits per heavy atom. The fraction of sp³-hybridized carbons (Fsp3) is 0.966. The van der Waals surface area contributed by atoms with E-state index >= 15 is 0 Å². The summed E-state index contributed by atoms with van der Waals surface area (Å²) in [6.07, 6.45) is 15.0. The van der Waals surface area contributed by atoms with E-state index in [0.29, 0.717) is 10.8 Å². The molecule has 0 amide bonds. The second kappa shape index (κ2) is 12.6. The molecule has 7 unspecified atom stereocenters. The Balaban J connectivity index is 0.000000691. The highest BCUT2D eigenvalue weighted by molar-refractivity contribution is 5.85. The number of aliphatic imine (C=N–C) groups is 1. The smallest absolute Gasteiger partial charge is 0.0360 e. The second-order valence-corrected chi connectivity index (χ2v) is 10.2. The van der Waals surface area contributed by atoms with Gasteiger partial charge in [-0.15, -0.1) is 0 Å². The lowest BCUT2D eigenvalue weighted by atomic mass is 9.45. The van der Waals surface area contributed by atoms with Crippen molar-refractivity contribution in [3.63, 3.8) is 0 Å². The van der Waals surface area contributed by atoms with Crippen LogP contribution in [0.4, 0.5) is 0 Å². The van der Waals surface area contributed by atoms with Crippen LogP contribution in [-0.2, 0) is 0 Å². The number of hydrogen-bond acceptors (Lipinski definition) is 1. The fourth-order valence-electron chi connectivity index (χ4n) is 8.34. The summed E-state index contributed by atoms with van der Waals surface area (Å²) in [6.45, 7) is 22.8. The number of hydrogen-bond donors (Lipinski definition) is 0. The van der Waals surface area contributed by atoms with Crippen LogP contribution in [0.15, 0.2) is 4.99 Å². The molecule has 0 saturated heterocycles. The summed E-state index contributed by atoms with van der Waals surface area (Å²) < 4.78 is 0. The van der Waals surface area contributed by atoms with Crippen molar-refractivity contribution in [2.75, 3.05) is 6.54 Å². The number of fused-ring (bicyclic) bond motifs is 5. The quantitative estimate of drug-likeness (QED) is 0.395. The summed E-state index contributed by atoms with van der Waals surface area (Å²) in [5, 5.41) is 0. The molecule has 0 aliphatic heterocycles. The molecule has 4 aliphatic rings. The molecule has 4 aliphatic carbocycles. The largest absolute Gasteiger partial charge is 0.294 e. The molecular weight excluding hydrogens is 362 g/mol. The van der Waals surface area contributed by atoms with Crippen LogP contribution in [0.5, 0.6) is 0 Å². The van der Waals surface area contributed by atoms with Crippen LogP contribution in [0.2, 0.25) is 0 Å². The Labute approximate surface area is 191 Å². The monoisotopic (exact) mass is 419 g/mol. The molecule has 4 rings (SSSR count). The van der Waals surface area contributed by atoms with Crippen LogP contribution in [0.1, 0.15) is 133 Å². The molecule has 1 heteroatoms. The van der Waals surface area contributed by atoms with Crippen molar-refractivity contribution in [3.05, 3.63) is 0 Å². The van der Waals surface area contributed by atoms with Crippen molar-refractivity contribution in [1.82, 2.24) is 0 Å². The van der Waals surface area contributed by atoms with Crippen molar-refractivity contribution < 1.29 is 0 Å². The van der Waals surface area contributed by atoms with Gasteiger partial charge in [0.1, 0.15) is 0 Å². The molecule has 30 heavy (non-hydrogen) atoms. The predicted octanol–water partition coefficient (Wildman–Crippen LogP) is 9.59. The van der Waals surface area contributed by atoms with Crippen LogP contribution >= 0.6 is 0 Å². The first-order chi connectivity index (χ1) is 14.5. The first kappa shape index (κ1) is 27.7. The normalized spacial score (nSPS) is 41.9. The van der Waals surface area contributed by atoms with E-state index in [2.05, 4.69) is 27.7 Å². The van der Waals surface area contributed by atoms with Gasteiger partial charge in [-0.3, -0.25) is 4.99 Å². The van der Waals surface area contributed by atoms with Crippen LogP contribution in [0.25, 0.3) is 0 Å². The summed E-state index contributed by atoms with van der Waals surface area (Å²) in [4.78, 5) is 4.84. The molecule has 0 aromatic rings. The van der Waals surface area contributed by atoms with Crippen LogP contribution in [-0.4, -0.2) is 12.3 Å². The summed E-state index contributed by atoms with van der Waals surface area (Å²) in [5.41, 5.74) is 2.72. The zero-order valence-electron chi connectivity index (χ0n) is 22.6. The van der Waals surface area contributed by atoms with E-state index in [-0.39, 0.29) is 0 Å². The van der Waals surface area contributed by atoms with E-state index in [4.69, 9.17) is 4.99 Å². The highest BCUT2D eigenvalue weighted by atomic mass is 14.8. The molecule has 4 saturated carbocycles. The zero-order chi connectivity index (χ0) is 22.9. The van der Waals surface area contributed by atoms with Gasteiger partial charge in [-0.2, -0.15) is 0 Å². The van der Waals surface area contributed by atoms with E-state index < -0.39 is 0 Å². The minimum Gasteiger partial charge on any atom is -0.294 e. The molecule has 0 spiro atoms. The van der Waals surface area contributed by atoms with Crippen molar-refractivity contribution >= 4 is 5.71 Å². The Morgan fingerprint density at radius 2 is 1.37 bits per heavy atom. The van der Waals surface area contributed by atoms with E-state index in [1.165, 1.54) is 63.5 Å². The first-order valence-electron chi connectivity index (χ1n) is 14.0. The molecule has 1 nitrogen and oxygen atoms in total. The van der Waals surface area contributed by atoms with Gasteiger partial charge in [0, 0.05) is 18.2 Å². The van der Waals surface area contributed by atoms with Crippen molar-refractivity contribution in [3.8, 4) is 0 Å². The highest BCUT2D eigenvalue weighted by Crippen LogP contribution is 2.67. The van der Waals surface area contributed by atoms with Crippen LogP contribution in [0, 0.1) is 40.4 Å². The van der Waals surface area contributed by atoms with Crippen molar-refractivity contribution in [2.24, 2.45) is 45.4 Å². The lowest BCUT2D eigenvalue weighted by Gasteiger charge is -2.60. The highest BCUT2D eigenvalue weighted by Gasteiger charge is 2.59. The Morgan fingerprint density at radius 1 is 0.733 bits per heavy atom. The third-order valence-corrected chi connectivity index (χ3v) is 9.50. The lowest BCUT2D eigenvalue weighted by Crippen LogP contribution is -2.53. The first-order valence-corrected chi connectivity index (χ1v) is 14.0. The third-order valence-electron chi connectivity index (χ3n) is 9.50. The molecular formula is C29H57N. The fourth-order valence-corrected chi connectivity index (χ4v) is 8.34. The van der Waals surface area contributed by atoms with Gasteiger partial charge in [-0.05, 0) is 99.7 Å². The number of nitrogens with zero attached hydrogens (tertiary/aromatic N) is 1. The molecule has 0 aromatic carbocycles. The van der Waals surface area contributed by atoms with Gasteiger partial charge in [0.05, 0.1) is 0 Å². The van der Waals surface area contributed by atoms with Gasteiger partial charge in [0.2, 0.25) is 0 Å². The van der Waals surface area contributed by atoms with Crippen LogP contribution in [0.3, 0.4) is 0 Å².